The fourth-order valence-electron chi connectivity index (χ4n) is 6.57. The fraction of sp³-hybridized carbons (Fsp3) is 0.333. The number of amidine groups is 1. The molecule has 2 aliphatic heterocycles. The number of nitrogens with zero attached hydrogens (tertiary/aromatic N) is 3. The lowest BCUT2D eigenvalue weighted by Gasteiger charge is -2.48. The highest BCUT2D eigenvalue weighted by molar-refractivity contribution is 8.18. The third-order valence-electron chi connectivity index (χ3n) is 8.66. The Morgan fingerprint density at radius 3 is 2.62 bits per heavy atom. The van der Waals surface area contributed by atoms with E-state index in [0.717, 1.165) is 52.6 Å². The monoisotopic (exact) mass is 576 g/mol. The number of hydrogen-bond donors (Lipinski definition) is 1. The van der Waals surface area contributed by atoms with Crippen LogP contribution in [0.15, 0.2) is 82.8 Å². The van der Waals surface area contributed by atoms with Crippen molar-refractivity contribution in [2.45, 2.75) is 65.3 Å². The third-order valence-corrected chi connectivity index (χ3v) is 9.66. The Morgan fingerprint density at radius 1 is 1.07 bits per heavy atom. The Kier molecular flexibility index (Phi) is 7.75. The molecular formula is C36H40N4OS. The Hall–Kier alpha value is -3.77. The number of fused-ring (bicyclic) bond motifs is 2. The zero-order valence-corrected chi connectivity index (χ0v) is 26.1. The van der Waals surface area contributed by atoms with Gasteiger partial charge in [-0.1, -0.05) is 50.2 Å². The Morgan fingerprint density at radius 2 is 1.83 bits per heavy atom. The van der Waals surface area contributed by atoms with Crippen molar-refractivity contribution in [1.29, 1.82) is 0 Å². The van der Waals surface area contributed by atoms with Gasteiger partial charge in [-0.3, -0.25) is 9.69 Å². The molecule has 42 heavy (non-hydrogen) atoms. The highest BCUT2D eigenvalue weighted by Crippen LogP contribution is 2.45. The Balaban J connectivity index is 1.34. The largest absolute Gasteiger partial charge is 0.366 e. The summed E-state index contributed by atoms with van der Waals surface area (Å²) in [6.45, 7) is 13.1. The lowest BCUT2D eigenvalue weighted by molar-refractivity contribution is -0.122. The van der Waals surface area contributed by atoms with E-state index in [1.54, 1.807) is 0 Å². The maximum Gasteiger partial charge on any atom is 0.266 e. The number of anilines is 1. The van der Waals surface area contributed by atoms with Gasteiger partial charge in [-0.25, -0.2) is 4.99 Å². The zero-order chi connectivity index (χ0) is 29.4. The van der Waals surface area contributed by atoms with Crippen LogP contribution in [0.3, 0.4) is 0 Å². The van der Waals surface area contributed by atoms with Crippen molar-refractivity contribution >= 4 is 51.2 Å². The molecule has 2 aliphatic rings. The predicted molar refractivity (Wildman–Crippen MR) is 179 cm³/mol. The molecule has 6 heteroatoms. The van der Waals surface area contributed by atoms with E-state index in [-0.39, 0.29) is 11.4 Å². The number of aryl methyl sites for hydroxylation is 1. The first kappa shape index (κ1) is 28.4. The number of aromatic amines is 1. The number of para-hydroxylation sites is 2. The first-order chi connectivity index (χ1) is 20.2. The molecule has 1 unspecified atom stereocenters. The zero-order valence-electron chi connectivity index (χ0n) is 25.3. The number of H-pyrrole nitrogens is 1. The van der Waals surface area contributed by atoms with Gasteiger partial charge in [0.2, 0.25) is 0 Å². The fourth-order valence-corrected chi connectivity index (χ4v) is 7.58. The van der Waals surface area contributed by atoms with Crippen LogP contribution in [0.2, 0.25) is 0 Å². The van der Waals surface area contributed by atoms with Crippen LogP contribution in [0.5, 0.6) is 0 Å². The van der Waals surface area contributed by atoms with Crippen LogP contribution in [0, 0.1) is 6.92 Å². The van der Waals surface area contributed by atoms with Crippen LogP contribution in [0.1, 0.15) is 68.7 Å². The Bertz CT molecular complexity index is 1680. The number of carbonyl (C=O) groups excluding carboxylic acids is 1. The maximum atomic E-state index is 14.0. The molecule has 0 spiro atoms. The molecule has 0 aliphatic carbocycles. The number of aromatic nitrogens is 1. The number of benzene rings is 3. The summed E-state index contributed by atoms with van der Waals surface area (Å²) in [6, 6.07) is 22.9. The number of hydrogen-bond acceptors (Lipinski definition) is 4. The summed E-state index contributed by atoms with van der Waals surface area (Å²) in [5.74, 6) is 0.476. The van der Waals surface area contributed by atoms with Crippen LogP contribution in [0.4, 0.5) is 11.4 Å². The number of thioether (sulfide) groups is 1. The minimum Gasteiger partial charge on any atom is -0.366 e. The number of carbonyl (C=O) groups is 1. The van der Waals surface area contributed by atoms with E-state index in [1.165, 1.54) is 39.5 Å². The lowest BCUT2D eigenvalue weighted by atomic mass is 9.79. The number of amides is 1. The number of nitrogens with one attached hydrogen (secondary N) is 1. The van der Waals surface area contributed by atoms with Gasteiger partial charge in [0.25, 0.3) is 5.91 Å². The summed E-state index contributed by atoms with van der Waals surface area (Å²) in [6.07, 6.45) is 7.12. The Labute approximate surface area is 253 Å². The first-order valence-electron chi connectivity index (χ1n) is 15.1. The maximum absolute atomic E-state index is 14.0. The quantitative estimate of drug-likeness (QED) is 0.224. The number of aliphatic imine (C=N–C) groups is 1. The molecule has 1 amide bonds. The summed E-state index contributed by atoms with van der Waals surface area (Å²) >= 11 is 1.48. The van der Waals surface area contributed by atoms with E-state index in [1.807, 2.05) is 41.3 Å². The van der Waals surface area contributed by atoms with Crippen LogP contribution in [0.25, 0.3) is 17.0 Å². The normalized spacial score (nSPS) is 20.2. The van der Waals surface area contributed by atoms with Gasteiger partial charge >= 0.3 is 0 Å². The molecule has 1 aromatic heterocycles. The summed E-state index contributed by atoms with van der Waals surface area (Å²) in [5.41, 5.74) is 8.33. The van der Waals surface area contributed by atoms with Crippen LogP contribution in [-0.4, -0.2) is 39.6 Å². The first-order valence-corrected chi connectivity index (χ1v) is 15.9. The molecule has 4 aromatic rings. The molecule has 1 saturated heterocycles. The molecule has 1 atom stereocenters. The van der Waals surface area contributed by atoms with Gasteiger partial charge in [0, 0.05) is 41.4 Å². The number of rotatable bonds is 7. The second-order valence-electron chi connectivity index (χ2n) is 12.2. The standard InChI is InChI=1S/C36H40N4OS/c1-6-17-40-32-19-24(2)27(20-30(32)25(3)22-36(40,4)5)21-33-34(41)39(35(42-33)38-28-12-8-7-9-13-28)18-16-26-23-37-31-15-11-10-14-29(26)31/h7-15,19-21,23,25,37H,6,16-18,22H2,1-5H3/b33-21+,38-35?. The van der Waals surface area contributed by atoms with E-state index >= 15 is 0 Å². The van der Waals surface area contributed by atoms with E-state index in [9.17, 15) is 4.79 Å². The van der Waals surface area contributed by atoms with E-state index in [2.05, 4.69) is 87.1 Å². The molecule has 1 N–H and O–H groups in total. The van der Waals surface area contributed by atoms with Crippen molar-refractivity contribution in [3.05, 3.63) is 100 Å². The van der Waals surface area contributed by atoms with Gasteiger partial charge in [0.15, 0.2) is 5.17 Å². The third kappa shape index (κ3) is 5.40. The highest BCUT2D eigenvalue weighted by Gasteiger charge is 2.37. The molecule has 1 fully saturated rings. The van der Waals surface area contributed by atoms with Crippen molar-refractivity contribution in [3.8, 4) is 0 Å². The van der Waals surface area contributed by atoms with Crippen LogP contribution in [-0.2, 0) is 11.2 Å². The van der Waals surface area contributed by atoms with E-state index in [4.69, 9.17) is 4.99 Å². The van der Waals surface area contributed by atoms with Gasteiger partial charge in [-0.15, -0.1) is 0 Å². The van der Waals surface area contributed by atoms with Crippen LogP contribution >= 0.6 is 11.8 Å². The van der Waals surface area contributed by atoms with Crippen molar-refractivity contribution in [2.75, 3.05) is 18.0 Å². The van der Waals surface area contributed by atoms with Gasteiger partial charge in [-0.05, 0) is 116 Å². The average molecular weight is 577 g/mol. The van der Waals surface area contributed by atoms with E-state index < -0.39 is 0 Å². The molecule has 3 aromatic carbocycles. The lowest BCUT2D eigenvalue weighted by Crippen LogP contribution is -2.48. The molecule has 3 heterocycles. The second-order valence-corrected chi connectivity index (χ2v) is 13.3. The second kappa shape index (κ2) is 11.5. The molecule has 6 rings (SSSR count). The smallest absolute Gasteiger partial charge is 0.266 e. The van der Waals surface area contributed by atoms with E-state index in [0.29, 0.717) is 12.5 Å². The molecular weight excluding hydrogens is 536 g/mol. The molecule has 0 radical (unpaired) electrons. The van der Waals surface area contributed by atoms with Gasteiger partial charge < -0.3 is 9.88 Å². The summed E-state index contributed by atoms with van der Waals surface area (Å²) in [7, 11) is 0. The van der Waals surface area contributed by atoms with Crippen molar-refractivity contribution in [1.82, 2.24) is 9.88 Å². The molecule has 216 valence electrons. The molecule has 0 bridgehead atoms. The van der Waals surface area contributed by atoms with Gasteiger partial charge in [0.1, 0.15) is 0 Å². The van der Waals surface area contributed by atoms with Gasteiger partial charge in [-0.2, -0.15) is 0 Å². The summed E-state index contributed by atoms with van der Waals surface area (Å²) in [5, 5.41) is 1.94. The predicted octanol–water partition coefficient (Wildman–Crippen LogP) is 8.83. The summed E-state index contributed by atoms with van der Waals surface area (Å²) in [4.78, 5) is 27.4. The van der Waals surface area contributed by atoms with Crippen molar-refractivity contribution < 1.29 is 4.79 Å². The minimum absolute atomic E-state index is 0.0217. The molecule has 5 nitrogen and oxygen atoms in total. The molecule has 0 saturated carbocycles. The topological polar surface area (TPSA) is 51.7 Å². The average Bonchev–Trinajstić information content (AvgIpc) is 3.51. The SMILES string of the molecule is CCCN1c2cc(C)c(/C=C3/SC(=Nc4ccccc4)N(CCc4c[nH]c5ccccc45)C3=O)cc2C(C)CC1(C)C. The van der Waals surface area contributed by atoms with Gasteiger partial charge in [0.05, 0.1) is 10.6 Å². The minimum atomic E-state index is 0.0217. The van der Waals surface area contributed by atoms with Crippen LogP contribution < -0.4 is 4.90 Å². The van der Waals surface area contributed by atoms with Crippen molar-refractivity contribution in [3.63, 3.8) is 0 Å². The summed E-state index contributed by atoms with van der Waals surface area (Å²) < 4.78 is 0. The highest BCUT2D eigenvalue weighted by atomic mass is 32.2. The van der Waals surface area contributed by atoms with Crippen molar-refractivity contribution in [2.24, 2.45) is 4.99 Å².